The lowest BCUT2D eigenvalue weighted by Crippen LogP contribution is -2.44. The molecule has 0 aliphatic carbocycles. The molecule has 19 heavy (non-hydrogen) atoms. The number of hydrogen-bond acceptors (Lipinski definition) is 3. The number of amides is 2. The van der Waals surface area contributed by atoms with Crippen molar-refractivity contribution in [1.29, 1.82) is 0 Å². The van der Waals surface area contributed by atoms with Gasteiger partial charge in [0.1, 0.15) is 0 Å². The first-order valence-corrected chi connectivity index (χ1v) is 6.84. The highest BCUT2D eigenvalue weighted by Crippen LogP contribution is 2.12. The number of nitrogens with zero attached hydrogens (tertiary/aromatic N) is 1. The standard InChI is InChI=1S/C13H24N2O4/c1-10(5-3-7-12(16)17)14-13(18)15(2)9-11-6-4-8-19-11/h10-11H,3-9H2,1-2H3,(H,14,18)(H,16,17). The summed E-state index contributed by atoms with van der Waals surface area (Å²) < 4.78 is 5.48. The maximum absolute atomic E-state index is 11.9. The van der Waals surface area contributed by atoms with Crippen molar-refractivity contribution in [2.45, 2.75) is 51.2 Å². The number of nitrogens with one attached hydrogen (secondary N) is 1. The molecule has 1 saturated heterocycles. The molecule has 1 fully saturated rings. The Labute approximate surface area is 114 Å². The zero-order valence-corrected chi connectivity index (χ0v) is 11.7. The van der Waals surface area contributed by atoms with Crippen molar-refractivity contribution in [2.24, 2.45) is 0 Å². The molecule has 0 aromatic carbocycles. The Morgan fingerprint density at radius 3 is 2.84 bits per heavy atom. The third-order valence-electron chi connectivity index (χ3n) is 3.25. The minimum Gasteiger partial charge on any atom is -0.481 e. The second kappa shape index (κ2) is 7.99. The van der Waals surface area contributed by atoms with E-state index in [4.69, 9.17) is 9.84 Å². The van der Waals surface area contributed by atoms with E-state index in [-0.39, 0.29) is 24.6 Å². The monoisotopic (exact) mass is 272 g/mol. The maximum atomic E-state index is 11.9. The van der Waals surface area contributed by atoms with Crippen molar-refractivity contribution in [3.8, 4) is 0 Å². The molecule has 1 heterocycles. The minimum atomic E-state index is -0.797. The van der Waals surface area contributed by atoms with E-state index in [1.54, 1.807) is 11.9 Å². The molecule has 110 valence electrons. The highest BCUT2D eigenvalue weighted by molar-refractivity contribution is 5.74. The molecule has 6 nitrogen and oxygen atoms in total. The van der Waals surface area contributed by atoms with Gasteiger partial charge in [0.2, 0.25) is 0 Å². The molecule has 0 aromatic heterocycles. The van der Waals surface area contributed by atoms with Crippen LogP contribution in [0.25, 0.3) is 0 Å². The Morgan fingerprint density at radius 1 is 1.53 bits per heavy atom. The predicted molar refractivity (Wildman–Crippen MR) is 71.1 cm³/mol. The number of likely N-dealkylation sites (N-methyl/N-ethyl adjacent to an activating group) is 1. The highest BCUT2D eigenvalue weighted by Gasteiger charge is 2.20. The fourth-order valence-electron chi connectivity index (χ4n) is 2.13. The van der Waals surface area contributed by atoms with Gasteiger partial charge in [-0.15, -0.1) is 0 Å². The molecule has 6 heteroatoms. The van der Waals surface area contributed by atoms with Gasteiger partial charge in [-0.25, -0.2) is 4.79 Å². The fraction of sp³-hybridized carbons (Fsp3) is 0.846. The van der Waals surface area contributed by atoms with E-state index >= 15 is 0 Å². The Bertz CT molecular complexity index is 303. The molecule has 2 N–H and O–H groups in total. The first kappa shape index (κ1) is 15.8. The average Bonchev–Trinajstić information content (AvgIpc) is 2.81. The SMILES string of the molecule is CC(CCCC(=O)O)NC(=O)N(C)CC1CCCO1. The van der Waals surface area contributed by atoms with Gasteiger partial charge in [-0.1, -0.05) is 0 Å². The molecule has 1 aliphatic heterocycles. The molecule has 1 aliphatic rings. The Kier molecular flexibility index (Phi) is 6.62. The van der Waals surface area contributed by atoms with Crippen LogP contribution in [0.3, 0.4) is 0 Å². The van der Waals surface area contributed by atoms with Crippen LogP contribution < -0.4 is 5.32 Å². The van der Waals surface area contributed by atoms with Crippen molar-refractivity contribution < 1.29 is 19.4 Å². The Balaban J connectivity index is 2.18. The molecule has 2 atom stereocenters. The number of carbonyl (C=O) groups is 2. The quantitative estimate of drug-likeness (QED) is 0.735. The largest absolute Gasteiger partial charge is 0.481 e. The molecule has 0 bridgehead atoms. The second-order valence-electron chi connectivity index (χ2n) is 5.15. The molecular formula is C13H24N2O4. The molecular weight excluding hydrogens is 248 g/mol. The van der Waals surface area contributed by atoms with Crippen LogP contribution in [0.1, 0.15) is 39.0 Å². The van der Waals surface area contributed by atoms with Gasteiger partial charge in [0.05, 0.1) is 6.10 Å². The summed E-state index contributed by atoms with van der Waals surface area (Å²) in [5.74, 6) is -0.797. The molecule has 2 amide bonds. The molecule has 0 saturated carbocycles. The number of aliphatic carboxylic acids is 1. The third kappa shape index (κ3) is 6.42. The van der Waals surface area contributed by atoms with E-state index in [1.165, 1.54) is 0 Å². The Morgan fingerprint density at radius 2 is 2.26 bits per heavy atom. The van der Waals surface area contributed by atoms with Gasteiger partial charge in [-0.2, -0.15) is 0 Å². The van der Waals surface area contributed by atoms with Crippen LogP contribution in [0.2, 0.25) is 0 Å². The molecule has 0 spiro atoms. The Hall–Kier alpha value is -1.30. The van der Waals surface area contributed by atoms with E-state index < -0.39 is 5.97 Å². The van der Waals surface area contributed by atoms with Crippen LogP contribution in [-0.2, 0) is 9.53 Å². The van der Waals surface area contributed by atoms with Gasteiger partial charge in [0, 0.05) is 32.7 Å². The minimum absolute atomic E-state index is 0.0150. The van der Waals surface area contributed by atoms with Crippen molar-refractivity contribution >= 4 is 12.0 Å². The molecule has 0 aromatic rings. The number of urea groups is 1. The van der Waals surface area contributed by atoms with E-state index in [0.717, 1.165) is 19.4 Å². The molecule has 1 rings (SSSR count). The van der Waals surface area contributed by atoms with Gasteiger partial charge < -0.3 is 20.1 Å². The summed E-state index contributed by atoms with van der Waals surface area (Å²) in [5.41, 5.74) is 0. The van der Waals surface area contributed by atoms with Crippen molar-refractivity contribution in [1.82, 2.24) is 10.2 Å². The average molecular weight is 272 g/mol. The zero-order chi connectivity index (χ0) is 14.3. The smallest absolute Gasteiger partial charge is 0.317 e. The van der Waals surface area contributed by atoms with Crippen molar-refractivity contribution in [2.75, 3.05) is 20.2 Å². The van der Waals surface area contributed by atoms with Crippen LogP contribution >= 0.6 is 0 Å². The molecule has 0 radical (unpaired) electrons. The van der Waals surface area contributed by atoms with Crippen LogP contribution in [0.15, 0.2) is 0 Å². The van der Waals surface area contributed by atoms with Gasteiger partial charge in [-0.3, -0.25) is 4.79 Å². The number of carboxylic acid groups (broad SMARTS) is 1. The van der Waals surface area contributed by atoms with E-state index in [9.17, 15) is 9.59 Å². The topological polar surface area (TPSA) is 78.9 Å². The summed E-state index contributed by atoms with van der Waals surface area (Å²) in [4.78, 5) is 23.9. The van der Waals surface area contributed by atoms with Crippen LogP contribution in [0, 0.1) is 0 Å². The normalized spacial score (nSPS) is 20.0. The lowest BCUT2D eigenvalue weighted by atomic mass is 10.1. The lowest BCUT2D eigenvalue weighted by Gasteiger charge is -2.23. The summed E-state index contributed by atoms with van der Waals surface area (Å²) in [5, 5.41) is 11.4. The number of carbonyl (C=O) groups excluding carboxylic acids is 1. The van der Waals surface area contributed by atoms with E-state index in [1.807, 2.05) is 6.92 Å². The summed E-state index contributed by atoms with van der Waals surface area (Å²) in [6.07, 6.45) is 3.61. The van der Waals surface area contributed by atoms with Crippen LogP contribution in [-0.4, -0.2) is 54.4 Å². The predicted octanol–water partition coefficient (Wildman–Crippen LogP) is 1.45. The summed E-state index contributed by atoms with van der Waals surface area (Å²) in [7, 11) is 1.75. The van der Waals surface area contributed by atoms with Gasteiger partial charge in [0.25, 0.3) is 0 Å². The van der Waals surface area contributed by atoms with E-state index in [0.29, 0.717) is 19.4 Å². The van der Waals surface area contributed by atoms with Crippen LogP contribution in [0.4, 0.5) is 4.79 Å². The highest BCUT2D eigenvalue weighted by atomic mass is 16.5. The first-order chi connectivity index (χ1) is 8.99. The number of ether oxygens (including phenoxy) is 1. The van der Waals surface area contributed by atoms with E-state index in [2.05, 4.69) is 5.32 Å². The number of rotatable bonds is 7. The second-order valence-corrected chi connectivity index (χ2v) is 5.15. The summed E-state index contributed by atoms with van der Waals surface area (Å²) in [6, 6.07) is -0.142. The van der Waals surface area contributed by atoms with Crippen LogP contribution in [0.5, 0.6) is 0 Å². The van der Waals surface area contributed by atoms with Gasteiger partial charge in [-0.05, 0) is 32.6 Å². The third-order valence-corrected chi connectivity index (χ3v) is 3.25. The fourth-order valence-corrected chi connectivity index (χ4v) is 2.13. The maximum Gasteiger partial charge on any atom is 0.317 e. The first-order valence-electron chi connectivity index (χ1n) is 6.84. The molecule has 2 unspecified atom stereocenters. The summed E-state index contributed by atoms with van der Waals surface area (Å²) in [6.45, 7) is 3.28. The zero-order valence-electron chi connectivity index (χ0n) is 11.7. The van der Waals surface area contributed by atoms with Crippen molar-refractivity contribution in [3.05, 3.63) is 0 Å². The number of carboxylic acids is 1. The lowest BCUT2D eigenvalue weighted by molar-refractivity contribution is -0.137. The summed E-state index contributed by atoms with van der Waals surface area (Å²) >= 11 is 0. The van der Waals surface area contributed by atoms with Crippen molar-refractivity contribution in [3.63, 3.8) is 0 Å². The number of hydrogen-bond donors (Lipinski definition) is 2. The van der Waals surface area contributed by atoms with Gasteiger partial charge in [0.15, 0.2) is 0 Å². The van der Waals surface area contributed by atoms with Gasteiger partial charge >= 0.3 is 12.0 Å².